The lowest BCUT2D eigenvalue weighted by molar-refractivity contribution is 0.118. The minimum Gasteiger partial charge on any atom is -0.371 e. The monoisotopic (exact) mass is 520 g/mol. The lowest BCUT2D eigenvalue weighted by Crippen LogP contribution is -2.45. The number of benzene rings is 1. The summed E-state index contributed by atoms with van der Waals surface area (Å²) in [6.07, 6.45) is 8.10. The molecular weight excluding hydrogens is 488 g/mol. The lowest BCUT2D eigenvalue weighted by Gasteiger charge is -2.39. The van der Waals surface area contributed by atoms with Gasteiger partial charge in [-0.15, -0.1) is 5.10 Å². The summed E-state index contributed by atoms with van der Waals surface area (Å²) in [6.45, 7) is 6.56. The fourth-order valence-corrected chi connectivity index (χ4v) is 6.44. The predicted molar refractivity (Wildman–Crippen MR) is 138 cm³/mol. The normalized spacial score (nSPS) is 20.6. The van der Waals surface area contributed by atoms with E-state index in [9.17, 15) is 13.2 Å². The van der Waals surface area contributed by atoms with Gasteiger partial charge in [0.15, 0.2) is 5.82 Å². The largest absolute Gasteiger partial charge is 0.371 e. The molecule has 3 aliphatic rings. The number of hydrogen-bond acceptors (Lipinski definition) is 6. The third-order valence-corrected chi connectivity index (χ3v) is 8.30. The van der Waals surface area contributed by atoms with Gasteiger partial charge in [0, 0.05) is 62.2 Å². The highest BCUT2D eigenvalue weighted by Crippen LogP contribution is 2.41. The zero-order chi connectivity index (χ0) is 24.6. The van der Waals surface area contributed by atoms with Crippen molar-refractivity contribution in [2.24, 2.45) is 5.41 Å². The molecule has 1 amide bonds. The second-order valence-electron chi connectivity index (χ2n) is 10.3. The minimum absolute atomic E-state index is 0.148. The van der Waals surface area contributed by atoms with Crippen LogP contribution in [0.15, 0.2) is 30.5 Å². The van der Waals surface area contributed by atoms with Gasteiger partial charge in [0.25, 0.3) is 0 Å². The molecule has 0 aliphatic carbocycles. The first-order valence-corrected chi connectivity index (χ1v) is 14.5. The zero-order valence-electron chi connectivity index (χ0n) is 20.1. The van der Waals surface area contributed by atoms with Gasteiger partial charge in [-0.2, -0.15) is 4.68 Å². The van der Waals surface area contributed by atoms with Crippen molar-refractivity contribution in [2.45, 2.75) is 38.6 Å². The Bertz CT molecular complexity index is 1190. The molecule has 190 valence electrons. The molecule has 1 N–H and O–H groups in total. The van der Waals surface area contributed by atoms with Crippen molar-refractivity contribution < 1.29 is 13.2 Å². The molecule has 0 unspecified atom stereocenters. The highest BCUT2D eigenvalue weighted by molar-refractivity contribution is 7.92. The first kappa shape index (κ1) is 24.4. The number of nitrogens with one attached hydrogen (secondary N) is 1. The Kier molecular flexibility index (Phi) is 6.71. The van der Waals surface area contributed by atoms with Gasteiger partial charge in [-0.25, -0.2) is 13.2 Å². The number of likely N-dealkylation sites (tertiary alicyclic amines) is 2. The van der Waals surface area contributed by atoms with Crippen LogP contribution >= 0.6 is 11.6 Å². The van der Waals surface area contributed by atoms with E-state index in [0.29, 0.717) is 13.1 Å². The van der Waals surface area contributed by atoms with Crippen LogP contribution < -0.4 is 9.62 Å². The van der Waals surface area contributed by atoms with Crippen LogP contribution in [0.5, 0.6) is 0 Å². The molecule has 4 heterocycles. The fraction of sp³-hybridized carbons (Fsp3) is 0.583. The number of hydrogen-bond donors (Lipinski definition) is 1. The van der Waals surface area contributed by atoms with Crippen LogP contribution in [-0.2, 0) is 16.6 Å². The third-order valence-electron chi connectivity index (χ3n) is 7.51. The number of nitrogens with zero attached hydrogens (tertiary/aromatic N) is 5. The van der Waals surface area contributed by atoms with E-state index in [-0.39, 0.29) is 17.3 Å². The van der Waals surface area contributed by atoms with Crippen molar-refractivity contribution >= 4 is 39.2 Å². The maximum atomic E-state index is 12.9. The number of aromatic nitrogens is 2. The Morgan fingerprint density at radius 3 is 2.51 bits per heavy atom. The number of piperidine rings is 1. The molecule has 5 rings (SSSR count). The van der Waals surface area contributed by atoms with E-state index in [1.807, 2.05) is 4.90 Å². The van der Waals surface area contributed by atoms with Crippen molar-refractivity contribution in [2.75, 3.05) is 55.1 Å². The Labute approximate surface area is 212 Å². The summed E-state index contributed by atoms with van der Waals surface area (Å²) >= 11 is 6.46. The second-order valence-corrected chi connectivity index (χ2v) is 12.4. The van der Waals surface area contributed by atoms with Gasteiger partial charge in [0.05, 0.1) is 6.26 Å². The van der Waals surface area contributed by atoms with Crippen molar-refractivity contribution in [3.8, 4) is 0 Å². The number of sulfonamides is 1. The zero-order valence-corrected chi connectivity index (χ0v) is 21.7. The molecule has 11 heteroatoms. The molecule has 0 bridgehead atoms. The second kappa shape index (κ2) is 9.63. The number of amides is 1. The Morgan fingerprint density at radius 2 is 1.80 bits per heavy atom. The Balaban J connectivity index is 1.16. The number of carbonyl (C=O) groups is 1. The van der Waals surface area contributed by atoms with Crippen molar-refractivity contribution in [1.29, 1.82) is 0 Å². The first-order chi connectivity index (χ1) is 16.7. The van der Waals surface area contributed by atoms with Crippen molar-refractivity contribution in [3.05, 3.63) is 41.0 Å². The van der Waals surface area contributed by atoms with Crippen LogP contribution in [0.3, 0.4) is 0 Å². The quantitative estimate of drug-likeness (QED) is 0.649. The van der Waals surface area contributed by atoms with Crippen molar-refractivity contribution in [3.63, 3.8) is 0 Å². The molecule has 2 aromatic rings. The summed E-state index contributed by atoms with van der Waals surface area (Å²) < 4.78 is 26.3. The molecule has 0 atom stereocenters. The first-order valence-electron chi connectivity index (χ1n) is 12.3. The van der Waals surface area contributed by atoms with E-state index >= 15 is 0 Å². The molecule has 1 aromatic carbocycles. The smallest absolute Gasteiger partial charge is 0.344 e. The number of carbonyl (C=O) groups excluding carboxylic acids is 1. The molecule has 0 radical (unpaired) electrons. The van der Waals surface area contributed by atoms with Crippen LogP contribution in [0.2, 0.25) is 5.02 Å². The standard InChI is InChI=1S/C24H33ClN6O3S/c1-35(33,34)27-22-4-10-31(26-22)23(32)30-12-6-24(7-13-30)5-11-28(18-24)17-19-14-20(25)16-21(15-19)29-8-2-3-9-29/h4,10,14-16H,2-3,5-9,11-13,17-18H2,1H3,(H,26,27). The third kappa shape index (κ3) is 5.76. The highest BCUT2D eigenvalue weighted by Gasteiger charge is 2.41. The van der Waals surface area contributed by atoms with Crippen LogP contribution in [0.25, 0.3) is 0 Å². The SMILES string of the molecule is CS(=O)(=O)Nc1ccn(C(=O)N2CCC3(CCN(Cc4cc(Cl)cc(N5CCCC5)c4)C3)CC2)n1. The van der Waals surface area contributed by atoms with Gasteiger partial charge in [-0.3, -0.25) is 9.62 Å². The van der Waals surface area contributed by atoms with E-state index in [1.165, 1.54) is 41.0 Å². The minimum atomic E-state index is -3.43. The van der Waals surface area contributed by atoms with Crippen molar-refractivity contribution in [1.82, 2.24) is 19.6 Å². The average Bonchev–Trinajstić information content (AvgIpc) is 3.55. The summed E-state index contributed by atoms with van der Waals surface area (Å²) in [5.41, 5.74) is 2.74. The van der Waals surface area contributed by atoms with Gasteiger partial charge in [-0.05, 0) is 67.8 Å². The summed E-state index contributed by atoms with van der Waals surface area (Å²) in [5.74, 6) is 0.148. The number of anilines is 2. The predicted octanol–water partition coefficient (Wildman–Crippen LogP) is 3.46. The van der Waals surface area contributed by atoms with E-state index in [0.717, 1.165) is 63.3 Å². The molecule has 3 fully saturated rings. The molecular formula is C24H33ClN6O3S. The Morgan fingerprint density at radius 1 is 1.09 bits per heavy atom. The van der Waals surface area contributed by atoms with E-state index in [1.54, 1.807) is 0 Å². The summed E-state index contributed by atoms with van der Waals surface area (Å²) in [5, 5.41) is 4.88. The molecule has 9 nitrogen and oxygen atoms in total. The molecule has 0 saturated carbocycles. The molecule has 1 aromatic heterocycles. The molecule has 3 saturated heterocycles. The summed E-state index contributed by atoms with van der Waals surface area (Å²) in [7, 11) is -3.43. The van der Waals surface area contributed by atoms with E-state index in [4.69, 9.17) is 11.6 Å². The average molecular weight is 521 g/mol. The van der Waals surface area contributed by atoms with Gasteiger partial charge in [0.1, 0.15) is 0 Å². The van der Waals surface area contributed by atoms with Crippen LogP contribution in [0.4, 0.5) is 16.3 Å². The Hall–Kier alpha value is -2.30. The van der Waals surface area contributed by atoms with Crippen LogP contribution in [0.1, 0.15) is 37.7 Å². The molecule has 1 spiro atoms. The summed E-state index contributed by atoms with van der Waals surface area (Å²) in [6, 6.07) is 7.73. The highest BCUT2D eigenvalue weighted by atomic mass is 35.5. The molecule has 35 heavy (non-hydrogen) atoms. The maximum absolute atomic E-state index is 12.9. The number of rotatable bonds is 5. The van der Waals surface area contributed by atoms with Crippen LogP contribution in [-0.4, -0.2) is 79.6 Å². The van der Waals surface area contributed by atoms with Gasteiger partial charge >= 0.3 is 6.03 Å². The van der Waals surface area contributed by atoms with Crippen LogP contribution in [0, 0.1) is 5.41 Å². The fourth-order valence-electron chi connectivity index (χ4n) is 5.70. The topological polar surface area (TPSA) is 90.8 Å². The lowest BCUT2D eigenvalue weighted by atomic mass is 9.78. The maximum Gasteiger partial charge on any atom is 0.344 e. The van der Waals surface area contributed by atoms with Gasteiger partial charge in [0.2, 0.25) is 10.0 Å². The van der Waals surface area contributed by atoms with Gasteiger partial charge in [-0.1, -0.05) is 11.6 Å². The number of halogens is 1. The van der Waals surface area contributed by atoms with E-state index in [2.05, 4.69) is 37.8 Å². The molecule has 3 aliphatic heterocycles. The summed E-state index contributed by atoms with van der Waals surface area (Å²) in [4.78, 5) is 19.6. The van der Waals surface area contributed by atoms with E-state index < -0.39 is 10.0 Å². The van der Waals surface area contributed by atoms with Gasteiger partial charge < -0.3 is 9.80 Å².